The van der Waals surface area contributed by atoms with Gasteiger partial charge in [-0.05, 0) is 6.92 Å². The second-order valence-electron chi connectivity index (χ2n) is 2.66. The van der Waals surface area contributed by atoms with Gasteiger partial charge in [0.05, 0.1) is 13.0 Å². The van der Waals surface area contributed by atoms with Crippen LogP contribution >= 0.6 is 0 Å². The van der Waals surface area contributed by atoms with Crippen molar-refractivity contribution in [3.8, 4) is 0 Å². The van der Waals surface area contributed by atoms with Crippen molar-refractivity contribution >= 4 is 17.8 Å². The van der Waals surface area contributed by atoms with E-state index in [0.29, 0.717) is 12.7 Å². The number of hydrogen-bond acceptors (Lipinski definition) is 4. The van der Waals surface area contributed by atoms with Gasteiger partial charge in [-0.1, -0.05) is 0 Å². The Morgan fingerprint density at radius 3 is 2.50 bits per heavy atom. The maximum atomic E-state index is 11.0. The van der Waals surface area contributed by atoms with E-state index >= 15 is 0 Å². The van der Waals surface area contributed by atoms with Crippen molar-refractivity contribution in [2.24, 2.45) is 0 Å². The molecule has 0 aliphatic heterocycles. The summed E-state index contributed by atoms with van der Waals surface area (Å²) in [5.41, 5.74) is 4.12. The van der Waals surface area contributed by atoms with E-state index in [4.69, 9.17) is 9.84 Å². The van der Waals surface area contributed by atoms with Gasteiger partial charge in [-0.3, -0.25) is 20.4 Å². The second kappa shape index (κ2) is 8.42. The number of hydrazine groups is 1. The van der Waals surface area contributed by atoms with Crippen molar-refractivity contribution in [3.05, 3.63) is 12.2 Å². The Morgan fingerprint density at radius 2 is 1.94 bits per heavy atom. The molecular formula is C9H14N2O5. The van der Waals surface area contributed by atoms with E-state index in [9.17, 15) is 14.4 Å². The first-order valence-corrected chi connectivity index (χ1v) is 4.63. The van der Waals surface area contributed by atoms with Crippen molar-refractivity contribution in [3.63, 3.8) is 0 Å². The molecule has 7 heteroatoms. The molecule has 7 nitrogen and oxygen atoms in total. The second-order valence-corrected chi connectivity index (χ2v) is 2.66. The van der Waals surface area contributed by atoms with Crippen LogP contribution in [0.25, 0.3) is 0 Å². The van der Waals surface area contributed by atoms with Crippen LogP contribution in [0.5, 0.6) is 0 Å². The highest BCUT2D eigenvalue weighted by atomic mass is 16.5. The van der Waals surface area contributed by atoms with Crippen LogP contribution in [0.15, 0.2) is 12.2 Å². The van der Waals surface area contributed by atoms with Crippen molar-refractivity contribution in [2.45, 2.75) is 13.3 Å². The lowest BCUT2D eigenvalue weighted by molar-refractivity contribution is -0.131. The number of carbonyl (C=O) groups excluding carboxylic acids is 2. The van der Waals surface area contributed by atoms with E-state index < -0.39 is 17.8 Å². The van der Waals surface area contributed by atoms with Gasteiger partial charge in [0.25, 0.3) is 5.91 Å². The molecule has 0 rings (SSSR count). The van der Waals surface area contributed by atoms with Crippen LogP contribution in [0.3, 0.4) is 0 Å². The largest absolute Gasteiger partial charge is 0.478 e. The third kappa shape index (κ3) is 8.70. The van der Waals surface area contributed by atoms with Crippen molar-refractivity contribution in [1.82, 2.24) is 10.9 Å². The first kappa shape index (κ1) is 14.1. The number of carboxylic acid groups (broad SMARTS) is 1. The molecule has 0 atom stereocenters. The van der Waals surface area contributed by atoms with Gasteiger partial charge >= 0.3 is 5.97 Å². The van der Waals surface area contributed by atoms with Gasteiger partial charge in [0, 0.05) is 18.8 Å². The Hall–Kier alpha value is -1.89. The first-order chi connectivity index (χ1) is 7.56. The standard InChI is InChI=1S/C9H14N2O5/c1-2-16-6-5-8(13)11-10-7(12)3-4-9(14)15/h3-4H,2,5-6H2,1H3,(H,10,12)(H,11,13)(H,14,15)/b4-3+. The number of ether oxygens (including phenoxy) is 1. The fourth-order valence-electron chi connectivity index (χ4n) is 0.692. The fourth-order valence-corrected chi connectivity index (χ4v) is 0.692. The van der Waals surface area contributed by atoms with Crippen LogP contribution in [-0.2, 0) is 19.1 Å². The monoisotopic (exact) mass is 230 g/mol. The zero-order valence-electron chi connectivity index (χ0n) is 8.86. The van der Waals surface area contributed by atoms with Crippen LogP contribution in [0.4, 0.5) is 0 Å². The van der Waals surface area contributed by atoms with Gasteiger partial charge < -0.3 is 9.84 Å². The Labute approximate surface area is 92.4 Å². The molecular weight excluding hydrogens is 216 g/mol. The van der Waals surface area contributed by atoms with Gasteiger partial charge in [0.1, 0.15) is 0 Å². The maximum Gasteiger partial charge on any atom is 0.328 e. The van der Waals surface area contributed by atoms with Crippen LogP contribution in [0.2, 0.25) is 0 Å². The van der Waals surface area contributed by atoms with Crippen LogP contribution in [0, 0.1) is 0 Å². The lowest BCUT2D eigenvalue weighted by atomic mass is 10.4. The minimum atomic E-state index is -1.24. The summed E-state index contributed by atoms with van der Waals surface area (Å²) in [6, 6.07) is 0. The highest BCUT2D eigenvalue weighted by Crippen LogP contribution is 1.81. The molecule has 0 unspecified atom stereocenters. The van der Waals surface area contributed by atoms with Gasteiger partial charge in [-0.25, -0.2) is 4.79 Å². The summed E-state index contributed by atoms with van der Waals surface area (Å²) < 4.78 is 4.92. The van der Waals surface area contributed by atoms with E-state index in [0.717, 1.165) is 6.08 Å². The summed E-state index contributed by atoms with van der Waals surface area (Å²) in [6.45, 7) is 2.58. The fraction of sp³-hybridized carbons (Fsp3) is 0.444. The molecule has 0 aromatic carbocycles. The van der Waals surface area contributed by atoms with Gasteiger partial charge in [-0.15, -0.1) is 0 Å². The molecule has 90 valence electrons. The Bertz CT molecular complexity index is 288. The van der Waals surface area contributed by atoms with Crippen molar-refractivity contribution < 1.29 is 24.2 Å². The number of carboxylic acids is 1. The Kier molecular flexibility index (Phi) is 7.43. The number of amides is 2. The Morgan fingerprint density at radius 1 is 1.25 bits per heavy atom. The van der Waals surface area contributed by atoms with Gasteiger partial charge in [0.15, 0.2) is 0 Å². The van der Waals surface area contributed by atoms with E-state index in [-0.39, 0.29) is 13.0 Å². The zero-order chi connectivity index (χ0) is 12.4. The quantitative estimate of drug-likeness (QED) is 0.315. The molecule has 0 aliphatic carbocycles. The third-order valence-corrected chi connectivity index (χ3v) is 1.38. The lowest BCUT2D eigenvalue weighted by Gasteiger charge is -2.04. The predicted octanol–water partition coefficient (Wildman–Crippen LogP) is -0.799. The third-order valence-electron chi connectivity index (χ3n) is 1.38. The average Bonchev–Trinajstić information content (AvgIpc) is 2.24. The predicted molar refractivity (Wildman–Crippen MR) is 54.2 cm³/mol. The molecule has 16 heavy (non-hydrogen) atoms. The molecule has 0 spiro atoms. The summed E-state index contributed by atoms with van der Waals surface area (Å²) >= 11 is 0. The zero-order valence-corrected chi connectivity index (χ0v) is 8.86. The van der Waals surface area contributed by atoms with Crippen molar-refractivity contribution in [2.75, 3.05) is 13.2 Å². The molecule has 2 amide bonds. The lowest BCUT2D eigenvalue weighted by Crippen LogP contribution is -2.41. The molecule has 0 aromatic heterocycles. The minimum absolute atomic E-state index is 0.122. The molecule has 0 aromatic rings. The van der Waals surface area contributed by atoms with E-state index in [1.165, 1.54) is 0 Å². The van der Waals surface area contributed by atoms with Crippen LogP contribution < -0.4 is 10.9 Å². The highest BCUT2D eigenvalue weighted by molar-refractivity contribution is 5.94. The van der Waals surface area contributed by atoms with Gasteiger partial charge in [0.2, 0.25) is 5.91 Å². The van der Waals surface area contributed by atoms with Crippen molar-refractivity contribution in [1.29, 1.82) is 0 Å². The number of aliphatic carboxylic acids is 1. The SMILES string of the molecule is CCOCCC(=O)NNC(=O)/C=C/C(=O)O. The van der Waals surface area contributed by atoms with Crippen LogP contribution in [0.1, 0.15) is 13.3 Å². The molecule has 0 bridgehead atoms. The summed E-state index contributed by atoms with van der Waals surface area (Å²) in [6.07, 6.45) is 1.59. The Balaban J connectivity index is 3.67. The highest BCUT2D eigenvalue weighted by Gasteiger charge is 2.02. The van der Waals surface area contributed by atoms with E-state index in [1.54, 1.807) is 6.92 Å². The number of carbonyl (C=O) groups is 3. The molecule has 3 N–H and O–H groups in total. The summed E-state index contributed by atoms with van der Waals surface area (Å²) in [4.78, 5) is 31.9. The van der Waals surface area contributed by atoms with Gasteiger partial charge in [-0.2, -0.15) is 0 Å². The minimum Gasteiger partial charge on any atom is -0.478 e. The molecule has 0 aliphatic rings. The molecule has 0 radical (unpaired) electrons. The molecule has 0 fully saturated rings. The average molecular weight is 230 g/mol. The number of hydrogen-bond donors (Lipinski definition) is 3. The smallest absolute Gasteiger partial charge is 0.328 e. The topological polar surface area (TPSA) is 105 Å². The number of rotatable bonds is 6. The summed E-state index contributed by atoms with van der Waals surface area (Å²) in [5.74, 6) is -2.37. The first-order valence-electron chi connectivity index (χ1n) is 4.63. The van der Waals surface area contributed by atoms with E-state index in [2.05, 4.69) is 5.43 Å². The van der Waals surface area contributed by atoms with E-state index in [1.807, 2.05) is 5.43 Å². The summed E-state index contributed by atoms with van der Waals surface area (Å²) in [5, 5.41) is 8.21. The molecule has 0 saturated carbocycles. The van der Waals surface area contributed by atoms with Crippen LogP contribution in [-0.4, -0.2) is 36.1 Å². The maximum absolute atomic E-state index is 11.0. The number of nitrogens with one attached hydrogen (secondary N) is 2. The molecule has 0 saturated heterocycles. The molecule has 0 heterocycles. The summed E-state index contributed by atoms with van der Waals surface area (Å²) in [7, 11) is 0. The normalized spacial score (nSPS) is 10.1.